The van der Waals surface area contributed by atoms with Crippen molar-refractivity contribution < 1.29 is 9.90 Å². The zero-order chi connectivity index (χ0) is 10.9. The number of likely N-dealkylation sites (tertiary alicyclic amines) is 1. The van der Waals surface area contributed by atoms with Gasteiger partial charge in [0.05, 0.1) is 13.2 Å². The van der Waals surface area contributed by atoms with Crippen LogP contribution in [0.25, 0.3) is 0 Å². The molecule has 1 saturated heterocycles. The normalized spacial score (nSPS) is 35.3. The molecule has 1 aliphatic heterocycles. The summed E-state index contributed by atoms with van der Waals surface area (Å²) >= 11 is 0. The highest BCUT2D eigenvalue weighted by atomic mass is 16.3. The number of fused-ring (bicyclic) bond motifs is 1. The molecule has 0 aromatic carbocycles. The molecule has 4 heteroatoms. The van der Waals surface area contributed by atoms with E-state index < -0.39 is 0 Å². The van der Waals surface area contributed by atoms with Crippen molar-refractivity contribution >= 4 is 5.91 Å². The van der Waals surface area contributed by atoms with Crippen LogP contribution in [0.5, 0.6) is 0 Å². The lowest BCUT2D eigenvalue weighted by atomic mass is 9.69. The van der Waals surface area contributed by atoms with E-state index in [0.29, 0.717) is 12.5 Å². The van der Waals surface area contributed by atoms with Crippen LogP contribution in [0.4, 0.5) is 0 Å². The number of amides is 1. The molecule has 2 fully saturated rings. The van der Waals surface area contributed by atoms with Gasteiger partial charge in [0, 0.05) is 18.5 Å². The summed E-state index contributed by atoms with van der Waals surface area (Å²) in [4.78, 5) is 13.4. The maximum absolute atomic E-state index is 11.5. The average molecular weight is 212 g/mol. The van der Waals surface area contributed by atoms with Crippen LogP contribution in [0.3, 0.4) is 0 Å². The van der Waals surface area contributed by atoms with E-state index in [1.807, 2.05) is 4.90 Å². The van der Waals surface area contributed by atoms with Gasteiger partial charge in [-0.2, -0.15) is 0 Å². The quantitative estimate of drug-likeness (QED) is 0.675. The van der Waals surface area contributed by atoms with Gasteiger partial charge in [0.15, 0.2) is 0 Å². The Hall–Kier alpha value is -0.610. The highest BCUT2D eigenvalue weighted by Crippen LogP contribution is 2.46. The van der Waals surface area contributed by atoms with Crippen LogP contribution in [0, 0.1) is 11.3 Å². The number of nitrogens with two attached hydrogens (primary N) is 1. The number of aliphatic hydroxyl groups is 1. The smallest absolute Gasteiger partial charge is 0.236 e. The maximum Gasteiger partial charge on any atom is 0.236 e. The molecule has 1 aliphatic carbocycles. The lowest BCUT2D eigenvalue weighted by Crippen LogP contribution is -2.38. The van der Waals surface area contributed by atoms with E-state index in [2.05, 4.69) is 0 Å². The zero-order valence-corrected chi connectivity index (χ0v) is 9.11. The monoisotopic (exact) mass is 212 g/mol. The Morgan fingerprint density at radius 2 is 2.33 bits per heavy atom. The molecular weight excluding hydrogens is 192 g/mol. The van der Waals surface area contributed by atoms with Crippen molar-refractivity contribution in [2.45, 2.75) is 25.7 Å². The molecule has 1 heterocycles. The lowest BCUT2D eigenvalue weighted by molar-refractivity contribution is -0.129. The van der Waals surface area contributed by atoms with E-state index >= 15 is 0 Å². The number of rotatable bonds is 2. The Bertz CT molecular complexity index is 257. The van der Waals surface area contributed by atoms with Gasteiger partial charge in [-0.3, -0.25) is 4.79 Å². The van der Waals surface area contributed by atoms with Crippen molar-refractivity contribution in [2.75, 3.05) is 26.2 Å². The topological polar surface area (TPSA) is 66.6 Å². The molecule has 15 heavy (non-hydrogen) atoms. The number of carbonyl (C=O) groups excluding carboxylic acids is 1. The Balaban J connectivity index is 2.10. The summed E-state index contributed by atoms with van der Waals surface area (Å²) in [6, 6.07) is 0. The molecule has 1 amide bonds. The molecule has 0 bridgehead atoms. The molecule has 0 radical (unpaired) electrons. The highest BCUT2D eigenvalue weighted by molar-refractivity contribution is 5.78. The SMILES string of the molecule is NCC(=O)N1C[C@@H]2CCCC[C@]2(CO)C1. The fourth-order valence-electron chi connectivity index (χ4n) is 3.16. The van der Waals surface area contributed by atoms with Crippen molar-refractivity contribution in [3.63, 3.8) is 0 Å². The lowest BCUT2D eigenvalue weighted by Gasteiger charge is -2.36. The minimum atomic E-state index is -0.0108. The molecule has 1 saturated carbocycles. The van der Waals surface area contributed by atoms with Crippen LogP contribution >= 0.6 is 0 Å². The van der Waals surface area contributed by atoms with E-state index in [4.69, 9.17) is 5.73 Å². The van der Waals surface area contributed by atoms with Gasteiger partial charge in [0.2, 0.25) is 5.91 Å². The van der Waals surface area contributed by atoms with Gasteiger partial charge in [-0.15, -0.1) is 0 Å². The van der Waals surface area contributed by atoms with Gasteiger partial charge in [0.25, 0.3) is 0 Å². The van der Waals surface area contributed by atoms with E-state index in [1.165, 1.54) is 12.8 Å². The Morgan fingerprint density at radius 1 is 1.53 bits per heavy atom. The van der Waals surface area contributed by atoms with Gasteiger partial charge >= 0.3 is 0 Å². The molecule has 0 spiro atoms. The van der Waals surface area contributed by atoms with E-state index in [9.17, 15) is 9.90 Å². The average Bonchev–Trinajstić information content (AvgIpc) is 2.67. The predicted molar refractivity (Wildman–Crippen MR) is 57.1 cm³/mol. The summed E-state index contributed by atoms with van der Waals surface area (Å²) in [6.45, 7) is 1.82. The molecule has 0 aromatic heterocycles. The Morgan fingerprint density at radius 3 is 2.93 bits per heavy atom. The van der Waals surface area contributed by atoms with E-state index in [-0.39, 0.29) is 24.5 Å². The van der Waals surface area contributed by atoms with Crippen molar-refractivity contribution in [2.24, 2.45) is 17.1 Å². The van der Waals surface area contributed by atoms with Gasteiger partial charge in [-0.25, -0.2) is 0 Å². The van der Waals surface area contributed by atoms with Crippen LogP contribution in [0.1, 0.15) is 25.7 Å². The fourth-order valence-corrected chi connectivity index (χ4v) is 3.16. The van der Waals surface area contributed by atoms with Crippen LogP contribution in [0.2, 0.25) is 0 Å². The minimum absolute atomic E-state index is 0.0108. The summed E-state index contributed by atoms with van der Waals surface area (Å²) in [6.07, 6.45) is 4.62. The molecule has 3 N–H and O–H groups in total. The van der Waals surface area contributed by atoms with Crippen LogP contribution in [-0.4, -0.2) is 42.2 Å². The predicted octanol–water partition coefficient (Wildman–Crippen LogP) is -0.0438. The highest BCUT2D eigenvalue weighted by Gasteiger charge is 2.48. The van der Waals surface area contributed by atoms with Gasteiger partial charge in [0.1, 0.15) is 0 Å². The first kappa shape index (κ1) is 10.9. The largest absolute Gasteiger partial charge is 0.396 e. The fraction of sp³-hybridized carbons (Fsp3) is 0.909. The molecule has 0 aromatic rings. The first-order valence-corrected chi connectivity index (χ1v) is 5.80. The first-order valence-electron chi connectivity index (χ1n) is 5.80. The third kappa shape index (κ3) is 1.76. The standard InChI is InChI=1S/C11H20N2O2/c12-5-10(15)13-6-9-3-1-2-4-11(9,7-13)8-14/h9,14H,1-8,12H2/t9-,11+/m0/s1. The van der Waals surface area contributed by atoms with E-state index in [1.54, 1.807) is 0 Å². The second kappa shape index (κ2) is 4.10. The minimum Gasteiger partial charge on any atom is -0.396 e. The van der Waals surface area contributed by atoms with Crippen molar-refractivity contribution in [1.29, 1.82) is 0 Å². The number of nitrogens with zero attached hydrogens (tertiary/aromatic N) is 1. The van der Waals surface area contributed by atoms with E-state index in [0.717, 1.165) is 19.4 Å². The molecule has 86 valence electrons. The molecule has 2 rings (SSSR count). The molecule has 2 atom stereocenters. The van der Waals surface area contributed by atoms with Gasteiger partial charge in [-0.05, 0) is 18.8 Å². The summed E-state index contributed by atoms with van der Waals surface area (Å²) < 4.78 is 0. The summed E-state index contributed by atoms with van der Waals surface area (Å²) in [5.74, 6) is 0.518. The number of hydrogen-bond donors (Lipinski definition) is 2. The second-order valence-corrected chi connectivity index (χ2v) is 4.94. The number of hydrogen-bond acceptors (Lipinski definition) is 3. The summed E-state index contributed by atoms with van der Waals surface area (Å²) in [7, 11) is 0. The molecular formula is C11H20N2O2. The third-order valence-electron chi connectivity index (χ3n) is 4.13. The summed E-state index contributed by atoms with van der Waals surface area (Å²) in [5.41, 5.74) is 5.36. The Kier molecular flexibility index (Phi) is 2.98. The second-order valence-electron chi connectivity index (χ2n) is 4.94. The molecule has 2 aliphatic rings. The van der Waals surface area contributed by atoms with Gasteiger partial charge < -0.3 is 15.7 Å². The van der Waals surface area contributed by atoms with Crippen molar-refractivity contribution in [3.05, 3.63) is 0 Å². The number of aliphatic hydroxyl groups excluding tert-OH is 1. The Labute approximate surface area is 90.4 Å². The molecule has 4 nitrogen and oxygen atoms in total. The number of carbonyl (C=O) groups is 1. The first-order chi connectivity index (χ1) is 7.22. The van der Waals surface area contributed by atoms with Crippen molar-refractivity contribution in [1.82, 2.24) is 4.90 Å². The molecule has 0 unspecified atom stereocenters. The third-order valence-corrected chi connectivity index (χ3v) is 4.13. The maximum atomic E-state index is 11.5. The zero-order valence-electron chi connectivity index (χ0n) is 9.11. The van der Waals surface area contributed by atoms with Crippen molar-refractivity contribution in [3.8, 4) is 0 Å². The van der Waals surface area contributed by atoms with Crippen LogP contribution in [-0.2, 0) is 4.79 Å². The van der Waals surface area contributed by atoms with Crippen LogP contribution < -0.4 is 5.73 Å². The summed E-state index contributed by atoms with van der Waals surface area (Å²) in [5, 5.41) is 9.55. The van der Waals surface area contributed by atoms with Crippen LogP contribution in [0.15, 0.2) is 0 Å². The van der Waals surface area contributed by atoms with Gasteiger partial charge in [-0.1, -0.05) is 12.8 Å².